The second kappa shape index (κ2) is 6.53. The summed E-state index contributed by atoms with van der Waals surface area (Å²) in [6.07, 6.45) is 2.28. The van der Waals surface area contributed by atoms with Gasteiger partial charge in [-0.05, 0) is 47.5 Å². The van der Waals surface area contributed by atoms with Gasteiger partial charge < -0.3 is 10.6 Å². The van der Waals surface area contributed by atoms with Gasteiger partial charge in [0.1, 0.15) is 0 Å². The Morgan fingerprint density at radius 3 is 3.10 bits per heavy atom. The van der Waals surface area contributed by atoms with Crippen molar-refractivity contribution >= 4 is 11.3 Å². The molecule has 1 aliphatic rings. The van der Waals surface area contributed by atoms with E-state index in [4.69, 9.17) is 0 Å². The highest BCUT2D eigenvalue weighted by Gasteiger charge is 2.18. The number of hydrogen-bond acceptors (Lipinski definition) is 3. The number of fused-ring (bicyclic) bond motifs is 1. The van der Waals surface area contributed by atoms with Gasteiger partial charge in [-0.25, -0.2) is 0 Å². The van der Waals surface area contributed by atoms with Crippen LogP contribution in [0.5, 0.6) is 0 Å². The van der Waals surface area contributed by atoms with Gasteiger partial charge in [-0.2, -0.15) is 0 Å². The summed E-state index contributed by atoms with van der Waals surface area (Å²) in [5.74, 6) is 0. The average molecular weight is 286 g/mol. The van der Waals surface area contributed by atoms with Gasteiger partial charge in [0.25, 0.3) is 0 Å². The number of aryl methyl sites for hydroxylation is 1. The van der Waals surface area contributed by atoms with Crippen LogP contribution in [0.1, 0.15) is 34.5 Å². The Morgan fingerprint density at radius 2 is 2.20 bits per heavy atom. The molecule has 0 spiro atoms. The Hall–Kier alpha value is -1.16. The van der Waals surface area contributed by atoms with Gasteiger partial charge in [0.05, 0.1) is 0 Å². The second-order valence-electron chi connectivity index (χ2n) is 5.31. The SMILES string of the molecule is CCc1ccsc1CNCC1NCCc2ccccc21. The molecule has 0 saturated heterocycles. The maximum Gasteiger partial charge on any atom is 0.0449 e. The molecule has 3 heteroatoms. The lowest BCUT2D eigenvalue weighted by atomic mass is 9.94. The third-order valence-corrected chi connectivity index (χ3v) is 5.03. The molecule has 0 fully saturated rings. The number of hydrogen-bond donors (Lipinski definition) is 2. The molecule has 0 bridgehead atoms. The normalized spacial score (nSPS) is 17.9. The van der Waals surface area contributed by atoms with Crippen LogP contribution in [0.4, 0.5) is 0 Å². The maximum absolute atomic E-state index is 3.62. The Bertz CT molecular complexity index is 562. The van der Waals surface area contributed by atoms with E-state index in [0.717, 1.165) is 32.5 Å². The smallest absolute Gasteiger partial charge is 0.0449 e. The number of benzene rings is 1. The number of rotatable bonds is 5. The number of thiophene rings is 1. The highest BCUT2D eigenvalue weighted by molar-refractivity contribution is 7.10. The molecule has 3 rings (SSSR count). The van der Waals surface area contributed by atoms with E-state index in [1.807, 2.05) is 11.3 Å². The van der Waals surface area contributed by atoms with Crippen LogP contribution in [-0.2, 0) is 19.4 Å². The lowest BCUT2D eigenvalue weighted by Crippen LogP contribution is -2.36. The van der Waals surface area contributed by atoms with Crippen molar-refractivity contribution in [2.45, 2.75) is 32.4 Å². The van der Waals surface area contributed by atoms with Crippen LogP contribution in [0.3, 0.4) is 0 Å². The molecule has 0 radical (unpaired) electrons. The van der Waals surface area contributed by atoms with Crippen LogP contribution < -0.4 is 10.6 Å². The largest absolute Gasteiger partial charge is 0.310 e. The summed E-state index contributed by atoms with van der Waals surface area (Å²) < 4.78 is 0. The van der Waals surface area contributed by atoms with Crippen molar-refractivity contribution in [2.75, 3.05) is 13.1 Å². The summed E-state index contributed by atoms with van der Waals surface area (Å²) in [6, 6.07) is 11.5. The molecular weight excluding hydrogens is 264 g/mol. The summed E-state index contributed by atoms with van der Waals surface area (Å²) >= 11 is 1.86. The Morgan fingerprint density at radius 1 is 1.30 bits per heavy atom. The zero-order valence-electron chi connectivity index (χ0n) is 12.0. The summed E-state index contributed by atoms with van der Waals surface area (Å²) in [4.78, 5) is 1.48. The summed E-state index contributed by atoms with van der Waals surface area (Å²) in [5.41, 5.74) is 4.45. The fraction of sp³-hybridized carbons (Fsp3) is 0.412. The van der Waals surface area contributed by atoms with Crippen LogP contribution in [0.15, 0.2) is 35.7 Å². The first-order valence-corrected chi connectivity index (χ1v) is 8.33. The molecule has 2 nitrogen and oxygen atoms in total. The molecule has 1 aromatic heterocycles. The molecule has 0 amide bonds. The van der Waals surface area contributed by atoms with Crippen LogP contribution in [0.2, 0.25) is 0 Å². The van der Waals surface area contributed by atoms with E-state index in [0.29, 0.717) is 6.04 Å². The molecule has 1 aliphatic heterocycles. The Kier molecular flexibility index (Phi) is 4.51. The quantitative estimate of drug-likeness (QED) is 0.881. The highest BCUT2D eigenvalue weighted by Crippen LogP contribution is 2.22. The van der Waals surface area contributed by atoms with E-state index in [2.05, 4.69) is 53.3 Å². The van der Waals surface area contributed by atoms with Gasteiger partial charge in [-0.15, -0.1) is 11.3 Å². The maximum atomic E-state index is 3.62. The van der Waals surface area contributed by atoms with Gasteiger partial charge in [0.15, 0.2) is 0 Å². The molecule has 0 aliphatic carbocycles. The van der Waals surface area contributed by atoms with Crippen molar-refractivity contribution in [1.29, 1.82) is 0 Å². The fourth-order valence-electron chi connectivity index (χ4n) is 2.94. The fourth-order valence-corrected chi connectivity index (χ4v) is 3.89. The first-order valence-electron chi connectivity index (χ1n) is 7.45. The molecule has 2 aromatic rings. The van der Waals surface area contributed by atoms with Gasteiger partial charge >= 0.3 is 0 Å². The van der Waals surface area contributed by atoms with E-state index >= 15 is 0 Å². The minimum absolute atomic E-state index is 0.449. The molecule has 20 heavy (non-hydrogen) atoms. The average Bonchev–Trinajstić information content (AvgIpc) is 2.95. The highest BCUT2D eigenvalue weighted by atomic mass is 32.1. The van der Waals surface area contributed by atoms with E-state index < -0.39 is 0 Å². The monoisotopic (exact) mass is 286 g/mol. The molecule has 0 saturated carbocycles. The predicted octanol–water partition coefficient (Wildman–Crippen LogP) is 3.29. The zero-order valence-corrected chi connectivity index (χ0v) is 12.8. The molecule has 106 valence electrons. The standard InChI is InChI=1S/C17H22N2S/c1-2-13-8-10-20-17(13)12-18-11-16-15-6-4-3-5-14(15)7-9-19-16/h3-6,8,10,16,18-19H,2,7,9,11-12H2,1H3. The van der Waals surface area contributed by atoms with Crippen molar-refractivity contribution in [3.8, 4) is 0 Å². The van der Waals surface area contributed by atoms with Crippen LogP contribution in [-0.4, -0.2) is 13.1 Å². The van der Waals surface area contributed by atoms with Crippen LogP contribution in [0, 0.1) is 0 Å². The van der Waals surface area contributed by atoms with Gasteiger partial charge in [0.2, 0.25) is 0 Å². The minimum Gasteiger partial charge on any atom is -0.310 e. The second-order valence-corrected chi connectivity index (χ2v) is 6.31. The molecule has 2 heterocycles. The van der Waals surface area contributed by atoms with Gasteiger partial charge in [-0.1, -0.05) is 31.2 Å². The van der Waals surface area contributed by atoms with Crippen molar-refractivity contribution in [3.05, 3.63) is 57.3 Å². The van der Waals surface area contributed by atoms with E-state index in [1.165, 1.54) is 21.6 Å². The Labute approximate surface area is 125 Å². The van der Waals surface area contributed by atoms with E-state index in [-0.39, 0.29) is 0 Å². The summed E-state index contributed by atoms with van der Waals surface area (Å²) in [7, 11) is 0. The zero-order chi connectivity index (χ0) is 13.8. The van der Waals surface area contributed by atoms with Crippen molar-refractivity contribution < 1.29 is 0 Å². The lowest BCUT2D eigenvalue weighted by molar-refractivity contribution is 0.469. The minimum atomic E-state index is 0.449. The predicted molar refractivity (Wildman–Crippen MR) is 86.3 cm³/mol. The third-order valence-electron chi connectivity index (χ3n) is 4.07. The van der Waals surface area contributed by atoms with Crippen LogP contribution >= 0.6 is 11.3 Å². The van der Waals surface area contributed by atoms with E-state index in [1.54, 1.807) is 0 Å². The topological polar surface area (TPSA) is 24.1 Å². The molecule has 1 aromatic carbocycles. The number of nitrogens with one attached hydrogen (secondary N) is 2. The van der Waals surface area contributed by atoms with Crippen molar-refractivity contribution in [1.82, 2.24) is 10.6 Å². The molecule has 1 unspecified atom stereocenters. The van der Waals surface area contributed by atoms with Crippen molar-refractivity contribution in [3.63, 3.8) is 0 Å². The molecule has 2 N–H and O–H groups in total. The molecule has 1 atom stereocenters. The third kappa shape index (κ3) is 2.95. The van der Waals surface area contributed by atoms with Gasteiger partial charge in [0, 0.05) is 24.0 Å². The van der Waals surface area contributed by atoms with Gasteiger partial charge in [-0.3, -0.25) is 0 Å². The van der Waals surface area contributed by atoms with E-state index in [9.17, 15) is 0 Å². The first-order chi connectivity index (χ1) is 9.88. The van der Waals surface area contributed by atoms with Crippen molar-refractivity contribution in [2.24, 2.45) is 0 Å². The first kappa shape index (κ1) is 13.8. The summed E-state index contributed by atoms with van der Waals surface area (Å²) in [5, 5.41) is 9.44. The van der Waals surface area contributed by atoms with Crippen LogP contribution in [0.25, 0.3) is 0 Å². The summed E-state index contributed by atoms with van der Waals surface area (Å²) in [6.45, 7) is 5.30. The molecular formula is C17H22N2S. The Balaban J connectivity index is 1.60. The lowest BCUT2D eigenvalue weighted by Gasteiger charge is -2.27.